The van der Waals surface area contributed by atoms with Crippen molar-refractivity contribution in [3.8, 4) is 0 Å². The number of carbonyl (C=O) groups excluding carboxylic acids is 3. The first kappa shape index (κ1) is 25.8. The molecule has 0 spiro atoms. The first-order chi connectivity index (χ1) is 13.2. The average Bonchev–Trinajstić information content (AvgIpc) is 2.64. The van der Waals surface area contributed by atoms with Gasteiger partial charge in [-0.2, -0.15) is 0 Å². The molecule has 0 rings (SSSR count). The molecule has 0 aromatic heterocycles. The van der Waals surface area contributed by atoms with Crippen LogP contribution in [0, 0.1) is 0 Å². The quantitative estimate of drug-likeness (QED) is 0.149. The fraction of sp³-hybridized carbons (Fsp3) is 0.765. The Bertz CT molecular complexity index is 514. The fourth-order valence-electron chi connectivity index (χ4n) is 2.38. The van der Waals surface area contributed by atoms with Crippen molar-refractivity contribution in [2.24, 2.45) is 17.2 Å². The Morgan fingerprint density at radius 2 is 1.29 bits per heavy atom. The van der Waals surface area contributed by atoms with Crippen LogP contribution in [0.1, 0.15) is 45.4 Å². The fourth-order valence-corrected chi connectivity index (χ4v) is 2.38. The van der Waals surface area contributed by atoms with Crippen molar-refractivity contribution in [1.82, 2.24) is 16.0 Å². The second kappa shape index (κ2) is 14.8. The molecule has 0 aliphatic carbocycles. The zero-order chi connectivity index (χ0) is 21.5. The molecule has 0 aromatic rings. The number of aliphatic carboxylic acids is 1. The smallest absolute Gasteiger partial charge is 0.322 e. The van der Waals surface area contributed by atoms with Gasteiger partial charge in [-0.1, -0.05) is 0 Å². The lowest BCUT2D eigenvalue weighted by atomic mass is 10.1. The van der Waals surface area contributed by atoms with Crippen LogP contribution in [0.25, 0.3) is 0 Å². The largest absolute Gasteiger partial charge is 0.480 e. The number of rotatable bonds is 15. The molecule has 0 saturated carbocycles. The number of nitrogens with two attached hydrogens (primary N) is 3. The zero-order valence-electron chi connectivity index (χ0n) is 16.4. The topological polar surface area (TPSA) is 203 Å². The van der Waals surface area contributed by atoms with Crippen molar-refractivity contribution in [1.29, 1.82) is 0 Å². The van der Waals surface area contributed by atoms with E-state index in [1.54, 1.807) is 0 Å². The molecule has 0 bridgehead atoms. The van der Waals surface area contributed by atoms with Crippen LogP contribution in [0.5, 0.6) is 0 Å². The number of hydrogen-bond acceptors (Lipinski definition) is 7. The van der Waals surface area contributed by atoms with Crippen molar-refractivity contribution in [3.05, 3.63) is 0 Å². The van der Waals surface area contributed by atoms with E-state index in [2.05, 4.69) is 16.0 Å². The van der Waals surface area contributed by atoms with Crippen LogP contribution >= 0.6 is 0 Å². The molecule has 0 aliphatic heterocycles. The third-order valence-electron chi connectivity index (χ3n) is 3.99. The van der Waals surface area contributed by atoms with Crippen molar-refractivity contribution >= 4 is 23.7 Å². The zero-order valence-corrected chi connectivity index (χ0v) is 16.4. The van der Waals surface area contributed by atoms with Gasteiger partial charge in [-0.3, -0.25) is 19.2 Å². The predicted octanol–water partition coefficient (Wildman–Crippen LogP) is -2.24. The normalized spacial score (nSPS) is 13.9. The van der Waals surface area contributed by atoms with Gasteiger partial charge in [-0.15, -0.1) is 0 Å². The van der Waals surface area contributed by atoms with Crippen molar-refractivity contribution in [2.75, 3.05) is 19.6 Å². The van der Waals surface area contributed by atoms with Crippen LogP contribution in [-0.2, 0) is 19.2 Å². The molecule has 0 aliphatic rings. The molecule has 0 saturated heterocycles. The minimum atomic E-state index is -1.19. The van der Waals surface area contributed by atoms with E-state index < -0.39 is 48.4 Å². The summed E-state index contributed by atoms with van der Waals surface area (Å²) in [5.41, 5.74) is 16.5. The van der Waals surface area contributed by atoms with Gasteiger partial charge in [0.25, 0.3) is 0 Å². The van der Waals surface area contributed by atoms with E-state index in [1.165, 1.54) is 6.92 Å². The van der Waals surface area contributed by atoms with Crippen LogP contribution in [0.2, 0.25) is 0 Å². The third-order valence-corrected chi connectivity index (χ3v) is 3.99. The Hall–Kier alpha value is -2.24. The van der Waals surface area contributed by atoms with E-state index >= 15 is 0 Å². The van der Waals surface area contributed by atoms with Crippen LogP contribution in [0.3, 0.4) is 0 Å². The Kier molecular flexibility index (Phi) is 13.6. The predicted molar refractivity (Wildman–Crippen MR) is 104 cm³/mol. The number of carbonyl (C=O) groups is 4. The second-order valence-corrected chi connectivity index (χ2v) is 6.59. The van der Waals surface area contributed by atoms with Crippen LogP contribution < -0.4 is 33.2 Å². The molecule has 0 radical (unpaired) electrons. The Labute approximate surface area is 165 Å². The molecule has 3 amide bonds. The molecule has 0 aromatic carbocycles. The molecular weight excluding hydrogens is 368 g/mol. The van der Waals surface area contributed by atoms with Crippen LogP contribution in [0.4, 0.5) is 0 Å². The maximum absolute atomic E-state index is 12.7. The molecule has 162 valence electrons. The summed E-state index contributed by atoms with van der Waals surface area (Å²) in [5.74, 6) is -2.81. The van der Waals surface area contributed by atoms with Gasteiger partial charge in [-0.05, 0) is 58.5 Å². The van der Waals surface area contributed by atoms with Crippen molar-refractivity contribution in [3.63, 3.8) is 0 Å². The van der Waals surface area contributed by atoms with E-state index in [4.69, 9.17) is 22.3 Å². The van der Waals surface area contributed by atoms with Crippen molar-refractivity contribution < 1.29 is 24.3 Å². The van der Waals surface area contributed by atoms with Gasteiger partial charge in [0.05, 0.1) is 6.04 Å². The Morgan fingerprint density at radius 3 is 1.71 bits per heavy atom. The van der Waals surface area contributed by atoms with Gasteiger partial charge < -0.3 is 38.3 Å². The van der Waals surface area contributed by atoms with Gasteiger partial charge in [0, 0.05) is 0 Å². The highest BCUT2D eigenvalue weighted by Crippen LogP contribution is 2.05. The molecule has 0 heterocycles. The molecule has 11 heteroatoms. The monoisotopic (exact) mass is 402 g/mol. The number of carboxylic acid groups (broad SMARTS) is 1. The first-order valence-electron chi connectivity index (χ1n) is 9.48. The Balaban J connectivity index is 5.08. The molecule has 3 atom stereocenters. The standard InChI is InChI=1S/C17H34N6O5/c1-11(20)15(26)22-13(7-3-5-9-19)17(28)23-12(6-2-4-8-18)16(27)21-10-14(24)25/h11-13H,2-10,18-20H2,1H3,(H,21,27)(H,22,26)(H,23,28)(H,24,25)/t11-,12-,13-/m0/s1. The Morgan fingerprint density at radius 1 is 0.821 bits per heavy atom. The van der Waals surface area contributed by atoms with Crippen molar-refractivity contribution in [2.45, 2.75) is 63.6 Å². The SMILES string of the molecule is C[C@H](N)C(=O)N[C@@H](CCCCN)C(=O)N[C@@H](CCCCN)C(=O)NCC(=O)O. The summed E-state index contributed by atoms with van der Waals surface area (Å²) in [6.07, 6.45) is 3.15. The van der Waals surface area contributed by atoms with Gasteiger partial charge in [0.2, 0.25) is 17.7 Å². The number of carboxylic acids is 1. The summed E-state index contributed by atoms with van der Waals surface area (Å²) in [5, 5.41) is 16.1. The van der Waals surface area contributed by atoms with Gasteiger partial charge >= 0.3 is 5.97 Å². The highest BCUT2D eigenvalue weighted by Gasteiger charge is 2.27. The summed E-state index contributed by atoms with van der Waals surface area (Å²) < 4.78 is 0. The summed E-state index contributed by atoms with van der Waals surface area (Å²) in [7, 11) is 0. The lowest BCUT2D eigenvalue weighted by molar-refractivity contribution is -0.138. The lowest BCUT2D eigenvalue weighted by Crippen LogP contribution is -2.55. The lowest BCUT2D eigenvalue weighted by Gasteiger charge is -2.23. The van der Waals surface area contributed by atoms with E-state index in [-0.39, 0.29) is 0 Å². The van der Waals surface area contributed by atoms with Gasteiger partial charge in [-0.25, -0.2) is 0 Å². The summed E-state index contributed by atoms with van der Waals surface area (Å²) >= 11 is 0. The maximum Gasteiger partial charge on any atom is 0.322 e. The van der Waals surface area contributed by atoms with Gasteiger partial charge in [0.15, 0.2) is 0 Å². The summed E-state index contributed by atoms with van der Waals surface area (Å²) in [4.78, 5) is 47.5. The molecule has 10 N–H and O–H groups in total. The molecule has 28 heavy (non-hydrogen) atoms. The average molecular weight is 402 g/mol. The highest BCUT2D eigenvalue weighted by molar-refractivity contribution is 5.93. The first-order valence-corrected chi connectivity index (χ1v) is 9.48. The molecule has 0 fully saturated rings. The molecule has 0 unspecified atom stereocenters. The van der Waals surface area contributed by atoms with E-state index in [0.717, 1.165) is 0 Å². The van der Waals surface area contributed by atoms with E-state index in [9.17, 15) is 19.2 Å². The number of amides is 3. The van der Waals surface area contributed by atoms with E-state index in [1.807, 2.05) is 0 Å². The highest BCUT2D eigenvalue weighted by atomic mass is 16.4. The van der Waals surface area contributed by atoms with Crippen LogP contribution in [0.15, 0.2) is 0 Å². The number of nitrogens with one attached hydrogen (secondary N) is 3. The van der Waals surface area contributed by atoms with Gasteiger partial charge in [0.1, 0.15) is 18.6 Å². The molecular formula is C17H34N6O5. The minimum absolute atomic E-state index is 0.297. The van der Waals surface area contributed by atoms with E-state index in [0.29, 0.717) is 51.6 Å². The number of hydrogen-bond donors (Lipinski definition) is 7. The minimum Gasteiger partial charge on any atom is -0.480 e. The maximum atomic E-state index is 12.7. The summed E-state index contributed by atoms with van der Waals surface area (Å²) in [6, 6.07) is -2.58. The number of unbranched alkanes of at least 4 members (excludes halogenated alkanes) is 2. The molecule has 11 nitrogen and oxygen atoms in total. The van der Waals surface area contributed by atoms with Crippen LogP contribution in [-0.4, -0.2) is 66.6 Å². The summed E-state index contributed by atoms with van der Waals surface area (Å²) in [6.45, 7) is 1.83. The second-order valence-electron chi connectivity index (χ2n) is 6.59. The third kappa shape index (κ3) is 11.5.